The molecule has 0 radical (unpaired) electrons. The Morgan fingerprint density at radius 3 is 2.22 bits per heavy atom. The molecule has 194 valence electrons. The summed E-state index contributed by atoms with van der Waals surface area (Å²) in [6.45, 7) is 5.53. The minimum atomic E-state index is -1.06. The first-order valence-electron chi connectivity index (χ1n) is 12.0. The van der Waals surface area contributed by atoms with Gasteiger partial charge in [-0.25, -0.2) is 4.79 Å². The van der Waals surface area contributed by atoms with Crippen molar-refractivity contribution < 1.29 is 33.3 Å². The first kappa shape index (κ1) is 26.8. The van der Waals surface area contributed by atoms with Crippen LogP contribution in [0, 0.1) is 0 Å². The molecular weight excluding hydrogens is 464 g/mol. The zero-order chi connectivity index (χ0) is 26.2. The van der Waals surface area contributed by atoms with E-state index in [2.05, 4.69) is 19.2 Å². The van der Waals surface area contributed by atoms with Crippen LogP contribution in [0.15, 0.2) is 42.5 Å². The van der Waals surface area contributed by atoms with Gasteiger partial charge in [0.2, 0.25) is 0 Å². The van der Waals surface area contributed by atoms with E-state index in [1.807, 2.05) is 4.90 Å². The predicted molar refractivity (Wildman–Crippen MR) is 135 cm³/mol. The topological polar surface area (TPSA) is 103 Å². The molecule has 0 saturated carbocycles. The number of piperidine rings is 1. The summed E-state index contributed by atoms with van der Waals surface area (Å²) in [6, 6.07) is 11.6. The molecule has 9 heteroatoms. The van der Waals surface area contributed by atoms with Gasteiger partial charge in [0.15, 0.2) is 12.7 Å². The lowest BCUT2D eigenvalue weighted by molar-refractivity contribution is -0.139. The molecule has 1 fully saturated rings. The first-order valence-corrected chi connectivity index (χ1v) is 12.0. The second kappa shape index (κ2) is 12.3. The Bertz CT molecular complexity index is 1060. The summed E-state index contributed by atoms with van der Waals surface area (Å²) >= 11 is 0. The van der Waals surface area contributed by atoms with E-state index in [0.29, 0.717) is 22.9 Å². The first-order chi connectivity index (χ1) is 17.2. The molecule has 0 spiro atoms. The molecule has 3 rings (SSSR count). The SMILES string of the molecule is COc1ccc(OC)c(NC(=O)C(C)OC(=O)c2ccc(OCC(=O)N3C(C)CCCC3C)cc2)c1. The molecule has 1 aliphatic rings. The largest absolute Gasteiger partial charge is 0.497 e. The lowest BCUT2D eigenvalue weighted by Gasteiger charge is -2.38. The van der Waals surface area contributed by atoms with Crippen LogP contribution in [0.4, 0.5) is 5.69 Å². The van der Waals surface area contributed by atoms with Crippen molar-refractivity contribution in [2.24, 2.45) is 0 Å². The highest BCUT2D eigenvalue weighted by Crippen LogP contribution is 2.29. The maximum Gasteiger partial charge on any atom is 0.338 e. The smallest absolute Gasteiger partial charge is 0.338 e. The third kappa shape index (κ3) is 6.68. The number of likely N-dealkylation sites (tertiary alicyclic amines) is 1. The number of methoxy groups -OCH3 is 2. The van der Waals surface area contributed by atoms with E-state index in [-0.39, 0.29) is 30.2 Å². The average molecular weight is 499 g/mol. The Morgan fingerprint density at radius 2 is 1.61 bits per heavy atom. The average Bonchev–Trinajstić information content (AvgIpc) is 2.87. The fourth-order valence-electron chi connectivity index (χ4n) is 4.25. The Labute approximate surface area is 211 Å². The highest BCUT2D eigenvalue weighted by Gasteiger charge is 2.29. The molecule has 3 unspecified atom stereocenters. The van der Waals surface area contributed by atoms with Crippen LogP contribution in [0.3, 0.4) is 0 Å². The van der Waals surface area contributed by atoms with E-state index in [9.17, 15) is 14.4 Å². The van der Waals surface area contributed by atoms with Crippen molar-refractivity contribution in [3.8, 4) is 17.2 Å². The van der Waals surface area contributed by atoms with E-state index < -0.39 is 18.0 Å². The summed E-state index contributed by atoms with van der Waals surface area (Å²) in [5.41, 5.74) is 0.653. The van der Waals surface area contributed by atoms with Crippen molar-refractivity contribution in [1.29, 1.82) is 0 Å². The van der Waals surface area contributed by atoms with Crippen molar-refractivity contribution in [1.82, 2.24) is 4.90 Å². The molecule has 9 nitrogen and oxygen atoms in total. The maximum absolute atomic E-state index is 12.6. The Balaban J connectivity index is 1.53. The van der Waals surface area contributed by atoms with Crippen LogP contribution in [0.2, 0.25) is 0 Å². The number of hydrogen-bond donors (Lipinski definition) is 1. The number of carbonyl (C=O) groups is 3. The van der Waals surface area contributed by atoms with E-state index >= 15 is 0 Å². The molecule has 2 amide bonds. The molecule has 2 aromatic rings. The van der Waals surface area contributed by atoms with Crippen molar-refractivity contribution in [3.05, 3.63) is 48.0 Å². The van der Waals surface area contributed by atoms with Crippen LogP contribution >= 0.6 is 0 Å². The van der Waals surface area contributed by atoms with Gasteiger partial charge >= 0.3 is 5.97 Å². The summed E-state index contributed by atoms with van der Waals surface area (Å²) in [7, 11) is 3.00. The normalized spacial score (nSPS) is 18.1. The molecule has 1 aliphatic heterocycles. The van der Waals surface area contributed by atoms with E-state index in [0.717, 1.165) is 19.3 Å². The highest BCUT2D eigenvalue weighted by molar-refractivity contribution is 5.98. The summed E-state index contributed by atoms with van der Waals surface area (Å²) in [5, 5.41) is 2.69. The fraction of sp³-hybridized carbons (Fsp3) is 0.444. The number of esters is 1. The third-order valence-electron chi connectivity index (χ3n) is 6.25. The van der Waals surface area contributed by atoms with Gasteiger partial charge in [-0.15, -0.1) is 0 Å². The molecule has 1 N–H and O–H groups in total. The highest BCUT2D eigenvalue weighted by atomic mass is 16.5. The second-order valence-corrected chi connectivity index (χ2v) is 8.85. The van der Waals surface area contributed by atoms with Crippen molar-refractivity contribution >= 4 is 23.5 Å². The number of nitrogens with one attached hydrogen (secondary N) is 1. The number of ether oxygens (including phenoxy) is 4. The van der Waals surface area contributed by atoms with Gasteiger partial charge in [0.25, 0.3) is 11.8 Å². The predicted octanol–water partition coefficient (Wildman–Crippen LogP) is 4.06. The molecule has 0 bridgehead atoms. The number of anilines is 1. The zero-order valence-corrected chi connectivity index (χ0v) is 21.4. The maximum atomic E-state index is 12.6. The van der Waals surface area contributed by atoms with E-state index in [4.69, 9.17) is 18.9 Å². The minimum absolute atomic E-state index is 0.0503. The lowest BCUT2D eigenvalue weighted by atomic mass is 9.97. The number of hydrogen-bond acceptors (Lipinski definition) is 7. The summed E-state index contributed by atoms with van der Waals surface area (Å²) in [4.78, 5) is 39.7. The molecule has 36 heavy (non-hydrogen) atoms. The fourth-order valence-corrected chi connectivity index (χ4v) is 4.25. The van der Waals surface area contributed by atoms with Gasteiger partial charge in [-0.05, 0) is 76.4 Å². The van der Waals surface area contributed by atoms with Gasteiger partial charge in [0.1, 0.15) is 17.2 Å². The van der Waals surface area contributed by atoms with Crippen LogP contribution in [0.1, 0.15) is 50.4 Å². The van der Waals surface area contributed by atoms with Crippen LogP contribution in [-0.2, 0) is 14.3 Å². The van der Waals surface area contributed by atoms with Gasteiger partial charge in [-0.1, -0.05) is 0 Å². The van der Waals surface area contributed by atoms with Gasteiger partial charge in [-0.3, -0.25) is 9.59 Å². The monoisotopic (exact) mass is 498 g/mol. The number of benzene rings is 2. The molecule has 3 atom stereocenters. The van der Waals surface area contributed by atoms with Crippen LogP contribution in [0.5, 0.6) is 17.2 Å². The van der Waals surface area contributed by atoms with Crippen molar-refractivity contribution in [2.45, 2.75) is 58.2 Å². The van der Waals surface area contributed by atoms with Crippen molar-refractivity contribution in [3.63, 3.8) is 0 Å². The standard InChI is InChI=1S/C27H34N2O7/c1-17-7-6-8-18(2)29(17)25(30)16-35-21-11-9-20(10-12-21)27(32)36-19(3)26(31)28-23-15-22(33-4)13-14-24(23)34-5/h9-15,17-19H,6-8,16H2,1-5H3,(H,28,31). The molecule has 0 aliphatic carbocycles. The number of carbonyl (C=O) groups excluding carboxylic acids is 3. The number of rotatable bonds is 9. The molecule has 1 saturated heterocycles. The Kier molecular flexibility index (Phi) is 9.16. The van der Waals surface area contributed by atoms with Gasteiger partial charge in [0, 0.05) is 18.2 Å². The Hall–Kier alpha value is -3.75. The number of amides is 2. The summed E-state index contributed by atoms with van der Waals surface area (Å²) in [5.74, 6) is 0.225. The van der Waals surface area contributed by atoms with Crippen LogP contribution in [-0.4, -0.2) is 61.7 Å². The van der Waals surface area contributed by atoms with Gasteiger partial charge in [-0.2, -0.15) is 0 Å². The Morgan fingerprint density at radius 1 is 0.972 bits per heavy atom. The lowest BCUT2D eigenvalue weighted by Crippen LogP contribution is -2.49. The minimum Gasteiger partial charge on any atom is -0.497 e. The molecule has 0 aromatic heterocycles. The van der Waals surface area contributed by atoms with Gasteiger partial charge in [0.05, 0.1) is 25.5 Å². The van der Waals surface area contributed by atoms with E-state index in [1.54, 1.807) is 30.3 Å². The molecular formula is C27H34N2O7. The molecule has 2 aromatic carbocycles. The van der Waals surface area contributed by atoms with Gasteiger partial charge < -0.3 is 29.2 Å². The summed E-state index contributed by atoms with van der Waals surface area (Å²) in [6.07, 6.45) is 2.06. The number of nitrogens with zero attached hydrogens (tertiary/aromatic N) is 1. The van der Waals surface area contributed by atoms with Crippen LogP contribution in [0.25, 0.3) is 0 Å². The quantitative estimate of drug-likeness (QED) is 0.520. The molecule has 1 heterocycles. The van der Waals surface area contributed by atoms with Crippen molar-refractivity contribution in [2.75, 3.05) is 26.1 Å². The van der Waals surface area contributed by atoms with E-state index in [1.165, 1.54) is 33.3 Å². The second-order valence-electron chi connectivity index (χ2n) is 8.85. The van der Waals surface area contributed by atoms with Crippen LogP contribution < -0.4 is 19.5 Å². The summed E-state index contributed by atoms with van der Waals surface area (Å²) < 4.78 is 21.4. The third-order valence-corrected chi connectivity index (χ3v) is 6.25. The zero-order valence-electron chi connectivity index (χ0n) is 21.4.